The number of hydrazine groups is 1. The van der Waals surface area contributed by atoms with Gasteiger partial charge in [-0.15, -0.1) is 0 Å². The van der Waals surface area contributed by atoms with Crippen LogP contribution in [-0.4, -0.2) is 95.0 Å². The number of carboxylic acids is 1. The van der Waals surface area contributed by atoms with Crippen molar-refractivity contribution in [2.75, 3.05) is 20.3 Å². The van der Waals surface area contributed by atoms with E-state index in [1.54, 1.807) is 0 Å². The number of rotatable bonds is 9. The summed E-state index contributed by atoms with van der Waals surface area (Å²) < 4.78 is 9.50. The zero-order valence-electron chi connectivity index (χ0n) is 21.2. The number of ketones is 1. The molecular formula is C24H26Cl2N4O10. The SMILES string of the molecule is COC(=O)NC1CCC(=O)N2CCCC(C(=O)NC(CC(=O)O)C(=O)COC(=O)c3c(Cl)cccc3Cl)N2C1=O. The lowest BCUT2D eigenvalue weighted by atomic mass is 10.0. The lowest BCUT2D eigenvalue weighted by Gasteiger charge is -2.43. The topological polar surface area (TPSA) is 189 Å². The molecule has 16 heteroatoms. The van der Waals surface area contributed by atoms with Crippen molar-refractivity contribution in [2.45, 2.75) is 50.2 Å². The monoisotopic (exact) mass is 600 g/mol. The number of carbonyl (C=O) groups is 7. The Hall–Kier alpha value is -3.91. The Balaban J connectivity index is 1.76. The normalized spacial score (nSPS) is 19.6. The number of benzene rings is 1. The maximum absolute atomic E-state index is 13.3. The van der Waals surface area contributed by atoms with Crippen molar-refractivity contribution in [3.63, 3.8) is 0 Å². The summed E-state index contributed by atoms with van der Waals surface area (Å²) in [4.78, 5) is 87.7. The van der Waals surface area contributed by atoms with Gasteiger partial charge in [0, 0.05) is 13.0 Å². The molecule has 0 aliphatic carbocycles. The average Bonchev–Trinajstić information content (AvgIpc) is 3.02. The molecule has 1 aromatic carbocycles. The molecule has 0 aromatic heterocycles. The van der Waals surface area contributed by atoms with Gasteiger partial charge in [-0.05, 0) is 31.4 Å². The molecule has 216 valence electrons. The third kappa shape index (κ3) is 7.18. The Bertz CT molecular complexity index is 1210. The first-order chi connectivity index (χ1) is 18.9. The minimum absolute atomic E-state index is 0.0288. The molecule has 1 aromatic rings. The van der Waals surface area contributed by atoms with E-state index in [2.05, 4.69) is 15.4 Å². The summed E-state index contributed by atoms with van der Waals surface area (Å²) in [5.41, 5.74) is -0.195. The number of amides is 4. The van der Waals surface area contributed by atoms with E-state index in [0.717, 1.165) is 17.1 Å². The fraction of sp³-hybridized carbons (Fsp3) is 0.458. The second kappa shape index (κ2) is 13.4. The number of nitrogens with zero attached hydrogens (tertiary/aromatic N) is 2. The molecule has 14 nitrogen and oxygen atoms in total. The van der Waals surface area contributed by atoms with Gasteiger partial charge in [-0.3, -0.25) is 29.0 Å². The van der Waals surface area contributed by atoms with Gasteiger partial charge < -0.3 is 25.2 Å². The Kier molecular flexibility index (Phi) is 10.3. The molecule has 4 amide bonds. The fourth-order valence-corrected chi connectivity index (χ4v) is 4.85. The van der Waals surface area contributed by atoms with Crippen LogP contribution in [-0.2, 0) is 33.4 Å². The summed E-state index contributed by atoms with van der Waals surface area (Å²) >= 11 is 11.9. The number of aliphatic carboxylic acids is 1. The minimum atomic E-state index is -1.64. The molecule has 3 rings (SSSR count). The van der Waals surface area contributed by atoms with Crippen LogP contribution in [0, 0.1) is 0 Å². The molecule has 2 saturated heterocycles. The quantitative estimate of drug-likeness (QED) is 0.344. The Morgan fingerprint density at radius 3 is 2.42 bits per heavy atom. The molecule has 0 radical (unpaired) electrons. The minimum Gasteiger partial charge on any atom is -0.481 e. The van der Waals surface area contributed by atoms with Crippen molar-refractivity contribution in [2.24, 2.45) is 0 Å². The average molecular weight is 601 g/mol. The molecule has 40 heavy (non-hydrogen) atoms. The highest BCUT2D eigenvalue weighted by molar-refractivity contribution is 6.39. The number of alkyl carbamates (subject to hydrolysis) is 1. The summed E-state index contributed by atoms with van der Waals surface area (Å²) in [7, 11) is 1.10. The van der Waals surface area contributed by atoms with Crippen molar-refractivity contribution in [3.8, 4) is 0 Å². The van der Waals surface area contributed by atoms with Crippen molar-refractivity contribution < 1.29 is 48.1 Å². The van der Waals surface area contributed by atoms with Gasteiger partial charge in [0.15, 0.2) is 12.4 Å². The molecule has 2 aliphatic rings. The van der Waals surface area contributed by atoms with Crippen molar-refractivity contribution >= 4 is 64.7 Å². The lowest BCUT2D eigenvalue weighted by Crippen LogP contribution is -2.64. The van der Waals surface area contributed by atoms with Crippen LogP contribution in [0.4, 0.5) is 4.79 Å². The van der Waals surface area contributed by atoms with Gasteiger partial charge >= 0.3 is 18.0 Å². The van der Waals surface area contributed by atoms with Gasteiger partial charge in [-0.2, -0.15) is 0 Å². The van der Waals surface area contributed by atoms with E-state index in [9.17, 15) is 38.7 Å². The molecule has 0 bridgehead atoms. The Morgan fingerprint density at radius 1 is 1.12 bits per heavy atom. The van der Waals surface area contributed by atoms with E-state index in [4.69, 9.17) is 27.9 Å². The third-order valence-corrected chi connectivity index (χ3v) is 6.87. The number of hydrogen-bond donors (Lipinski definition) is 3. The van der Waals surface area contributed by atoms with Crippen LogP contribution in [0.25, 0.3) is 0 Å². The number of esters is 1. The lowest BCUT2D eigenvalue weighted by molar-refractivity contribution is -0.176. The number of carbonyl (C=O) groups excluding carboxylic acids is 6. The maximum Gasteiger partial charge on any atom is 0.407 e. The zero-order valence-corrected chi connectivity index (χ0v) is 22.7. The highest BCUT2D eigenvalue weighted by Gasteiger charge is 2.45. The van der Waals surface area contributed by atoms with Gasteiger partial charge in [0.2, 0.25) is 11.8 Å². The summed E-state index contributed by atoms with van der Waals surface area (Å²) in [6, 6.07) is 0.158. The summed E-state index contributed by atoms with van der Waals surface area (Å²) in [5.74, 6) is -5.54. The number of hydrogen-bond acceptors (Lipinski definition) is 9. The number of fused-ring (bicyclic) bond motifs is 1. The number of ether oxygens (including phenoxy) is 2. The highest BCUT2D eigenvalue weighted by atomic mass is 35.5. The molecule has 0 spiro atoms. The summed E-state index contributed by atoms with van der Waals surface area (Å²) in [5, 5.41) is 15.9. The van der Waals surface area contributed by atoms with Crippen molar-refractivity contribution in [1.29, 1.82) is 0 Å². The second-order valence-corrected chi connectivity index (χ2v) is 9.70. The molecule has 2 fully saturated rings. The fourth-order valence-electron chi connectivity index (χ4n) is 4.30. The zero-order chi connectivity index (χ0) is 29.6. The molecular weight excluding hydrogens is 575 g/mol. The van der Waals surface area contributed by atoms with E-state index in [0.29, 0.717) is 6.42 Å². The molecule has 0 saturated carbocycles. The van der Waals surface area contributed by atoms with Crippen molar-refractivity contribution in [1.82, 2.24) is 20.7 Å². The smallest absolute Gasteiger partial charge is 0.407 e. The molecule has 3 N–H and O–H groups in total. The molecule has 2 aliphatic heterocycles. The van der Waals surface area contributed by atoms with Crippen LogP contribution < -0.4 is 10.6 Å². The number of methoxy groups -OCH3 is 1. The Morgan fingerprint density at radius 2 is 1.80 bits per heavy atom. The number of nitrogens with one attached hydrogen (secondary N) is 2. The van der Waals surface area contributed by atoms with Gasteiger partial charge in [0.1, 0.15) is 18.1 Å². The molecule has 2 heterocycles. The van der Waals surface area contributed by atoms with Gasteiger partial charge in [0.25, 0.3) is 5.91 Å². The van der Waals surface area contributed by atoms with Crippen LogP contribution in [0.1, 0.15) is 42.5 Å². The van der Waals surface area contributed by atoms with Gasteiger partial charge in [-0.25, -0.2) is 14.6 Å². The second-order valence-electron chi connectivity index (χ2n) is 8.88. The van der Waals surface area contributed by atoms with Crippen LogP contribution in [0.15, 0.2) is 18.2 Å². The van der Waals surface area contributed by atoms with E-state index in [1.165, 1.54) is 18.2 Å². The first kappa shape index (κ1) is 30.6. The first-order valence-corrected chi connectivity index (χ1v) is 12.8. The van der Waals surface area contributed by atoms with E-state index < -0.39 is 72.7 Å². The van der Waals surface area contributed by atoms with Crippen LogP contribution in [0.2, 0.25) is 10.0 Å². The number of halogens is 2. The van der Waals surface area contributed by atoms with E-state index >= 15 is 0 Å². The number of Topliss-reactive ketones (excluding diaryl/α,β-unsaturated/α-hetero) is 1. The molecule has 3 atom stereocenters. The summed E-state index contributed by atoms with van der Waals surface area (Å²) in [6.45, 7) is -0.779. The summed E-state index contributed by atoms with van der Waals surface area (Å²) in [6.07, 6.45) is -1.47. The van der Waals surface area contributed by atoms with Crippen LogP contribution in [0.3, 0.4) is 0 Å². The molecule has 3 unspecified atom stereocenters. The van der Waals surface area contributed by atoms with Crippen LogP contribution >= 0.6 is 23.2 Å². The number of carboxylic acid groups (broad SMARTS) is 1. The van der Waals surface area contributed by atoms with E-state index in [-0.39, 0.29) is 41.4 Å². The van der Waals surface area contributed by atoms with Gasteiger partial charge in [0.05, 0.1) is 29.1 Å². The van der Waals surface area contributed by atoms with Crippen molar-refractivity contribution in [3.05, 3.63) is 33.8 Å². The van der Waals surface area contributed by atoms with E-state index in [1.807, 2.05) is 0 Å². The van der Waals surface area contributed by atoms with Crippen LogP contribution in [0.5, 0.6) is 0 Å². The third-order valence-electron chi connectivity index (χ3n) is 6.24. The Labute approximate surface area is 237 Å². The highest BCUT2D eigenvalue weighted by Crippen LogP contribution is 2.26. The standard InChI is InChI=1S/C24H26Cl2N4O10/c1-39-24(38)28-14-7-8-18(32)29-9-3-6-16(30(29)22(14)36)21(35)27-15(10-19(33)34)17(31)11-40-23(37)20-12(25)4-2-5-13(20)26/h2,4-5,14-16H,3,6-11H2,1H3,(H,27,35)(H,28,38)(H,33,34). The first-order valence-electron chi connectivity index (χ1n) is 12.1. The predicted molar refractivity (Wildman–Crippen MR) is 136 cm³/mol. The predicted octanol–water partition coefficient (Wildman–Crippen LogP) is 0.932. The maximum atomic E-state index is 13.3. The van der Waals surface area contributed by atoms with Gasteiger partial charge in [-0.1, -0.05) is 29.3 Å². The largest absolute Gasteiger partial charge is 0.481 e.